The monoisotopic (exact) mass is 495 g/mol. The Balaban J connectivity index is 1.58. The number of piperazine rings is 1. The molecule has 2 atom stereocenters. The lowest BCUT2D eigenvalue weighted by Crippen LogP contribution is -2.55. The number of likely N-dealkylation sites (N-methyl/N-ethyl adjacent to an activating group) is 1. The molecule has 0 radical (unpaired) electrons. The van der Waals surface area contributed by atoms with Gasteiger partial charge in [-0.15, -0.1) is 0 Å². The van der Waals surface area contributed by atoms with Crippen LogP contribution in [0, 0.1) is 6.92 Å². The molecule has 196 valence electrons. The standard InChI is InChI=1S/C27H41N7O2/c1-6-22-26(29-19-7-10-21(35)11-8-19)32-27(24(31-22)25(28)36)30-20-9-12-23(16(2)13-20)34-14-17(3)33(5)18(4)15-34/h9,12-13,17-19,21,35H,6-8,10-11,14-15H2,1-5H3,(H2,28,36)(H2,29,30,32)/t17-,18+,19-,21-. The van der Waals surface area contributed by atoms with Crippen molar-refractivity contribution in [2.75, 3.05) is 35.7 Å². The highest BCUT2D eigenvalue weighted by atomic mass is 16.3. The van der Waals surface area contributed by atoms with Gasteiger partial charge in [0, 0.05) is 42.6 Å². The van der Waals surface area contributed by atoms with Gasteiger partial charge in [0.15, 0.2) is 11.5 Å². The van der Waals surface area contributed by atoms with Crippen LogP contribution < -0.4 is 21.3 Å². The number of carbonyl (C=O) groups is 1. The smallest absolute Gasteiger partial charge is 0.271 e. The van der Waals surface area contributed by atoms with Crippen LogP contribution in [0.25, 0.3) is 0 Å². The molecule has 2 heterocycles. The van der Waals surface area contributed by atoms with E-state index in [1.54, 1.807) is 0 Å². The van der Waals surface area contributed by atoms with Gasteiger partial charge in [-0.1, -0.05) is 6.92 Å². The predicted molar refractivity (Wildman–Crippen MR) is 145 cm³/mol. The third-order valence-corrected chi connectivity index (χ3v) is 7.73. The van der Waals surface area contributed by atoms with Crippen LogP contribution in [0.2, 0.25) is 0 Å². The van der Waals surface area contributed by atoms with E-state index in [0.717, 1.165) is 50.0 Å². The fourth-order valence-electron chi connectivity index (χ4n) is 5.33. The average molecular weight is 496 g/mol. The molecule has 1 aliphatic carbocycles. The quantitative estimate of drug-likeness (QED) is 0.461. The highest BCUT2D eigenvalue weighted by molar-refractivity contribution is 5.96. The lowest BCUT2D eigenvalue weighted by molar-refractivity contribution is 0.0996. The molecule has 5 N–H and O–H groups in total. The minimum Gasteiger partial charge on any atom is -0.393 e. The van der Waals surface area contributed by atoms with Gasteiger partial charge < -0.3 is 26.4 Å². The number of aliphatic hydroxyl groups excluding tert-OH is 1. The third-order valence-electron chi connectivity index (χ3n) is 7.73. The number of carbonyl (C=O) groups excluding carboxylic acids is 1. The van der Waals surface area contributed by atoms with Gasteiger partial charge in [-0.05, 0) is 83.7 Å². The highest BCUT2D eigenvalue weighted by Crippen LogP contribution is 2.30. The van der Waals surface area contributed by atoms with Crippen LogP contribution in [0.1, 0.15) is 68.2 Å². The number of nitrogens with two attached hydrogens (primary N) is 1. The molecule has 1 saturated carbocycles. The summed E-state index contributed by atoms with van der Waals surface area (Å²) in [7, 11) is 2.19. The summed E-state index contributed by atoms with van der Waals surface area (Å²) >= 11 is 0. The van der Waals surface area contributed by atoms with Gasteiger partial charge in [-0.25, -0.2) is 9.97 Å². The molecule has 1 aliphatic heterocycles. The minimum atomic E-state index is -0.610. The summed E-state index contributed by atoms with van der Waals surface area (Å²) in [5, 5.41) is 16.6. The Hall–Kier alpha value is -2.91. The lowest BCUT2D eigenvalue weighted by atomic mass is 9.93. The highest BCUT2D eigenvalue weighted by Gasteiger charge is 2.27. The second-order valence-corrected chi connectivity index (χ2v) is 10.5. The molecule has 0 spiro atoms. The zero-order valence-electron chi connectivity index (χ0n) is 22.2. The molecule has 1 amide bonds. The Morgan fingerprint density at radius 2 is 1.78 bits per heavy atom. The minimum absolute atomic E-state index is 0.139. The number of aryl methyl sites for hydroxylation is 2. The SMILES string of the molecule is CCc1nc(C(N)=O)c(Nc2ccc(N3C[C@@H](C)N(C)[C@@H](C)C3)c(C)c2)nc1N[C@H]1CC[C@H](O)CC1. The number of hydrogen-bond donors (Lipinski definition) is 4. The van der Waals surface area contributed by atoms with E-state index in [9.17, 15) is 9.90 Å². The van der Waals surface area contributed by atoms with Gasteiger partial charge in [0.05, 0.1) is 11.8 Å². The Labute approximate surface area is 214 Å². The van der Waals surface area contributed by atoms with Crippen molar-refractivity contribution in [1.82, 2.24) is 14.9 Å². The van der Waals surface area contributed by atoms with Crippen molar-refractivity contribution in [3.63, 3.8) is 0 Å². The number of rotatable bonds is 7. The molecule has 2 aromatic rings. The molecule has 2 aliphatic rings. The van der Waals surface area contributed by atoms with Crippen LogP contribution in [0.3, 0.4) is 0 Å². The molecule has 36 heavy (non-hydrogen) atoms. The molecule has 9 heteroatoms. The van der Waals surface area contributed by atoms with Crippen molar-refractivity contribution >= 4 is 28.9 Å². The maximum Gasteiger partial charge on any atom is 0.271 e. The number of aromatic nitrogens is 2. The molecule has 4 rings (SSSR count). The number of benzene rings is 1. The second-order valence-electron chi connectivity index (χ2n) is 10.5. The summed E-state index contributed by atoms with van der Waals surface area (Å²) in [5.74, 6) is 0.410. The summed E-state index contributed by atoms with van der Waals surface area (Å²) in [6, 6.07) is 7.41. The molecule has 1 aromatic carbocycles. The molecular formula is C27H41N7O2. The molecule has 1 aromatic heterocycles. The van der Waals surface area contributed by atoms with Gasteiger partial charge in [-0.2, -0.15) is 0 Å². The number of nitrogens with zero attached hydrogens (tertiary/aromatic N) is 4. The second kappa shape index (κ2) is 11.0. The third kappa shape index (κ3) is 5.73. The maximum absolute atomic E-state index is 12.3. The van der Waals surface area contributed by atoms with Crippen molar-refractivity contribution in [3.05, 3.63) is 35.2 Å². The van der Waals surface area contributed by atoms with Gasteiger partial charge in [0.1, 0.15) is 5.82 Å². The largest absolute Gasteiger partial charge is 0.393 e. The van der Waals surface area contributed by atoms with Gasteiger partial charge in [-0.3, -0.25) is 9.69 Å². The molecule has 0 unspecified atom stereocenters. The number of primary amides is 1. The van der Waals surface area contributed by atoms with Crippen LogP contribution in [0.4, 0.5) is 23.0 Å². The lowest BCUT2D eigenvalue weighted by Gasteiger charge is -2.44. The van der Waals surface area contributed by atoms with Gasteiger partial charge in [0.25, 0.3) is 5.91 Å². The Morgan fingerprint density at radius 3 is 2.36 bits per heavy atom. The average Bonchev–Trinajstić information content (AvgIpc) is 2.83. The molecular weight excluding hydrogens is 454 g/mol. The van der Waals surface area contributed by atoms with Crippen LogP contribution >= 0.6 is 0 Å². The fourth-order valence-corrected chi connectivity index (χ4v) is 5.33. The number of anilines is 4. The van der Waals surface area contributed by atoms with E-state index in [1.807, 2.05) is 13.0 Å². The van der Waals surface area contributed by atoms with Crippen molar-refractivity contribution < 1.29 is 9.90 Å². The number of nitrogens with one attached hydrogen (secondary N) is 2. The van der Waals surface area contributed by atoms with E-state index in [2.05, 4.69) is 65.4 Å². The van der Waals surface area contributed by atoms with Gasteiger partial charge in [0.2, 0.25) is 0 Å². The Bertz CT molecular complexity index is 1070. The summed E-state index contributed by atoms with van der Waals surface area (Å²) in [4.78, 5) is 26.5. The topological polar surface area (TPSA) is 120 Å². The van der Waals surface area contributed by atoms with E-state index >= 15 is 0 Å². The number of hydrogen-bond acceptors (Lipinski definition) is 8. The van der Waals surface area contributed by atoms with Crippen molar-refractivity contribution in [1.29, 1.82) is 0 Å². The molecule has 1 saturated heterocycles. The Kier molecular flexibility index (Phi) is 8.00. The normalized spacial score (nSPS) is 25.0. The molecule has 2 fully saturated rings. The van der Waals surface area contributed by atoms with Crippen molar-refractivity contribution in [2.24, 2.45) is 5.73 Å². The van der Waals surface area contributed by atoms with Gasteiger partial charge >= 0.3 is 0 Å². The first-order chi connectivity index (χ1) is 17.2. The Morgan fingerprint density at radius 1 is 1.11 bits per heavy atom. The van der Waals surface area contributed by atoms with Crippen LogP contribution in [-0.2, 0) is 6.42 Å². The van der Waals surface area contributed by atoms with E-state index in [-0.39, 0.29) is 17.8 Å². The van der Waals surface area contributed by atoms with E-state index in [0.29, 0.717) is 35.8 Å². The summed E-state index contributed by atoms with van der Waals surface area (Å²) in [6.07, 6.45) is 3.69. The van der Waals surface area contributed by atoms with Crippen LogP contribution in [0.15, 0.2) is 18.2 Å². The first-order valence-electron chi connectivity index (χ1n) is 13.2. The van der Waals surface area contributed by atoms with Crippen LogP contribution in [-0.4, -0.2) is 70.2 Å². The number of aliphatic hydroxyl groups is 1. The van der Waals surface area contributed by atoms with E-state index in [1.165, 1.54) is 5.69 Å². The predicted octanol–water partition coefficient (Wildman–Crippen LogP) is 3.43. The first-order valence-corrected chi connectivity index (χ1v) is 13.2. The molecule has 9 nitrogen and oxygen atoms in total. The van der Waals surface area contributed by atoms with Crippen molar-refractivity contribution in [2.45, 2.75) is 84.0 Å². The zero-order valence-corrected chi connectivity index (χ0v) is 22.2. The first kappa shape index (κ1) is 26.2. The van der Waals surface area contributed by atoms with Crippen LogP contribution in [0.5, 0.6) is 0 Å². The summed E-state index contributed by atoms with van der Waals surface area (Å²) in [5.41, 5.74) is 9.75. The summed E-state index contributed by atoms with van der Waals surface area (Å²) in [6.45, 7) is 10.6. The van der Waals surface area contributed by atoms with Crippen molar-refractivity contribution in [3.8, 4) is 0 Å². The number of amides is 1. The van der Waals surface area contributed by atoms with E-state index < -0.39 is 5.91 Å². The molecule has 0 bridgehead atoms. The fraction of sp³-hybridized carbons (Fsp3) is 0.593. The zero-order chi connectivity index (χ0) is 26.0. The van der Waals surface area contributed by atoms with E-state index in [4.69, 9.17) is 10.7 Å². The summed E-state index contributed by atoms with van der Waals surface area (Å²) < 4.78 is 0. The maximum atomic E-state index is 12.3.